The first-order valence-electron chi connectivity index (χ1n) is 3.50. The number of halogens is 1. The van der Waals surface area contributed by atoms with Crippen molar-refractivity contribution in [1.82, 2.24) is 0 Å². The highest BCUT2D eigenvalue weighted by Gasteiger charge is 2.01. The summed E-state index contributed by atoms with van der Waals surface area (Å²) in [4.78, 5) is 0. The number of aromatic hydroxyl groups is 1. The van der Waals surface area contributed by atoms with E-state index in [1.54, 1.807) is 6.08 Å². The second-order valence-electron chi connectivity index (χ2n) is 2.26. The van der Waals surface area contributed by atoms with Gasteiger partial charge in [-0.15, -0.1) is 0 Å². The zero-order valence-electron chi connectivity index (χ0n) is 6.37. The topological polar surface area (TPSA) is 20.2 Å². The minimum absolute atomic E-state index is 0.0481. The Bertz CT molecular complexity index is 276. The molecule has 0 unspecified atom stereocenters. The summed E-state index contributed by atoms with van der Waals surface area (Å²) >= 11 is 3.93. The van der Waals surface area contributed by atoms with Crippen molar-refractivity contribution in [2.24, 2.45) is 0 Å². The average molecular weight is 184 g/mol. The molecule has 0 radical (unpaired) electrons. The third-order valence-corrected chi connectivity index (χ3v) is 1.63. The fraction of sp³-hybridized carbons (Fsp3) is 0.111. The van der Waals surface area contributed by atoms with E-state index in [1.165, 1.54) is 24.3 Å². The molecule has 1 rings (SSSR count). The molecule has 0 bridgehead atoms. The molecule has 0 aromatic heterocycles. The first-order chi connectivity index (χ1) is 5.75. The van der Waals surface area contributed by atoms with Crippen LogP contribution in [0.2, 0.25) is 0 Å². The molecule has 12 heavy (non-hydrogen) atoms. The van der Waals surface area contributed by atoms with Crippen molar-refractivity contribution in [3.05, 3.63) is 35.7 Å². The Morgan fingerprint density at radius 3 is 2.83 bits per heavy atom. The molecule has 0 aliphatic rings. The van der Waals surface area contributed by atoms with Crippen LogP contribution in [0.25, 0.3) is 6.08 Å². The Hall–Kier alpha value is -0.960. The summed E-state index contributed by atoms with van der Waals surface area (Å²) in [6.07, 6.45) is 3.18. The SMILES string of the molecule is Oc1cccc(F)c1C=CCS. The molecule has 0 fully saturated rings. The Labute approximate surface area is 76.0 Å². The van der Waals surface area contributed by atoms with Crippen LogP contribution >= 0.6 is 12.6 Å². The fourth-order valence-electron chi connectivity index (χ4n) is 0.861. The molecule has 0 atom stereocenters. The lowest BCUT2D eigenvalue weighted by Crippen LogP contribution is -1.81. The van der Waals surface area contributed by atoms with Crippen molar-refractivity contribution in [3.63, 3.8) is 0 Å². The maximum atomic E-state index is 12.9. The van der Waals surface area contributed by atoms with Gasteiger partial charge in [0.15, 0.2) is 0 Å². The van der Waals surface area contributed by atoms with Crippen LogP contribution in [-0.4, -0.2) is 10.9 Å². The van der Waals surface area contributed by atoms with Crippen LogP contribution in [-0.2, 0) is 0 Å². The molecular weight excluding hydrogens is 175 g/mol. The van der Waals surface area contributed by atoms with E-state index in [9.17, 15) is 9.50 Å². The van der Waals surface area contributed by atoms with E-state index in [-0.39, 0.29) is 11.3 Å². The lowest BCUT2D eigenvalue weighted by molar-refractivity contribution is 0.467. The second kappa shape index (κ2) is 4.16. The molecule has 1 aromatic carbocycles. The number of benzene rings is 1. The van der Waals surface area contributed by atoms with Crippen LogP contribution in [0, 0.1) is 5.82 Å². The van der Waals surface area contributed by atoms with Gasteiger partial charge in [0.25, 0.3) is 0 Å². The molecule has 3 heteroatoms. The molecule has 0 heterocycles. The molecule has 0 aliphatic heterocycles. The second-order valence-corrected chi connectivity index (χ2v) is 2.62. The van der Waals surface area contributed by atoms with Gasteiger partial charge < -0.3 is 5.11 Å². The summed E-state index contributed by atoms with van der Waals surface area (Å²) in [6, 6.07) is 4.21. The number of phenols is 1. The Morgan fingerprint density at radius 1 is 1.50 bits per heavy atom. The van der Waals surface area contributed by atoms with Gasteiger partial charge in [0.05, 0.1) is 5.56 Å². The van der Waals surface area contributed by atoms with Gasteiger partial charge in [-0.2, -0.15) is 12.6 Å². The van der Waals surface area contributed by atoms with Gasteiger partial charge in [-0.1, -0.05) is 18.2 Å². The molecule has 64 valence electrons. The molecule has 1 aromatic rings. The summed E-state index contributed by atoms with van der Waals surface area (Å²) in [6.45, 7) is 0. The van der Waals surface area contributed by atoms with E-state index in [0.29, 0.717) is 5.75 Å². The third kappa shape index (κ3) is 2.01. The lowest BCUT2D eigenvalue weighted by Gasteiger charge is -1.98. The number of thiol groups is 1. The van der Waals surface area contributed by atoms with Crippen LogP contribution in [0.1, 0.15) is 5.56 Å². The molecule has 1 N–H and O–H groups in total. The van der Waals surface area contributed by atoms with Gasteiger partial charge in [0.2, 0.25) is 0 Å². The number of hydrogen-bond donors (Lipinski definition) is 2. The molecular formula is C9H9FOS. The van der Waals surface area contributed by atoms with Gasteiger partial charge in [-0.25, -0.2) is 4.39 Å². The van der Waals surface area contributed by atoms with Crippen LogP contribution < -0.4 is 0 Å². The molecule has 1 nitrogen and oxygen atoms in total. The van der Waals surface area contributed by atoms with E-state index in [0.717, 1.165) is 0 Å². The van der Waals surface area contributed by atoms with Gasteiger partial charge in [-0.05, 0) is 12.1 Å². The minimum Gasteiger partial charge on any atom is -0.507 e. The average Bonchev–Trinajstić information content (AvgIpc) is 2.04. The van der Waals surface area contributed by atoms with E-state index in [2.05, 4.69) is 12.6 Å². The first-order valence-corrected chi connectivity index (χ1v) is 4.14. The summed E-state index contributed by atoms with van der Waals surface area (Å²) in [5.74, 6) is 0.0504. The fourth-order valence-corrected chi connectivity index (χ4v) is 0.967. The normalized spacial score (nSPS) is 10.8. The van der Waals surface area contributed by atoms with Crippen LogP contribution in [0.15, 0.2) is 24.3 Å². The summed E-state index contributed by atoms with van der Waals surface area (Å²) in [7, 11) is 0. The maximum absolute atomic E-state index is 12.9. The van der Waals surface area contributed by atoms with Gasteiger partial charge in [-0.3, -0.25) is 0 Å². The van der Waals surface area contributed by atoms with Crippen LogP contribution in [0.3, 0.4) is 0 Å². The largest absolute Gasteiger partial charge is 0.507 e. The van der Waals surface area contributed by atoms with Gasteiger partial charge in [0.1, 0.15) is 11.6 Å². The van der Waals surface area contributed by atoms with E-state index < -0.39 is 5.82 Å². The van der Waals surface area contributed by atoms with Crippen molar-refractivity contribution in [3.8, 4) is 5.75 Å². The van der Waals surface area contributed by atoms with Gasteiger partial charge >= 0.3 is 0 Å². The zero-order valence-corrected chi connectivity index (χ0v) is 7.26. The predicted molar refractivity (Wildman–Crippen MR) is 51.0 cm³/mol. The van der Waals surface area contributed by atoms with Gasteiger partial charge in [0, 0.05) is 5.75 Å². The molecule has 0 amide bonds. The van der Waals surface area contributed by atoms with Crippen molar-refractivity contribution in [2.75, 3.05) is 5.75 Å². The smallest absolute Gasteiger partial charge is 0.134 e. The third-order valence-electron chi connectivity index (χ3n) is 1.42. The van der Waals surface area contributed by atoms with Crippen molar-refractivity contribution >= 4 is 18.7 Å². The Kier molecular flexibility index (Phi) is 3.17. The standard InChI is InChI=1S/C9H9FOS/c10-8-4-1-5-9(11)7(8)3-2-6-12/h1-5,11-12H,6H2. The lowest BCUT2D eigenvalue weighted by atomic mass is 10.2. The number of rotatable bonds is 2. The number of hydrogen-bond acceptors (Lipinski definition) is 2. The van der Waals surface area contributed by atoms with Crippen molar-refractivity contribution in [1.29, 1.82) is 0 Å². The first kappa shape index (κ1) is 9.13. The minimum atomic E-state index is -0.423. The zero-order chi connectivity index (χ0) is 8.97. The molecule has 0 aliphatic carbocycles. The predicted octanol–water partition coefficient (Wildman–Crippen LogP) is 2.47. The molecule has 0 saturated carbocycles. The van der Waals surface area contributed by atoms with Crippen molar-refractivity contribution in [2.45, 2.75) is 0 Å². The van der Waals surface area contributed by atoms with Crippen LogP contribution in [0.5, 0.6) is 5.75 Å². The van der Waals surface area contributed by atoms with E-state index in [4.69, 9.17) is 0 Å². The molecule has 0 saturated heterocycles. The summed E-state index contributed by atoms with van der Waals surface area (Å²) in [5, 5.41) is 9.20. The Balaban J connectivity index is 3.04. The summed E-state index contributed by atoms with van der Waals surface area (Å²) in [5.41, 5.74) is 0.214. The quantitative estimate of drug-likeness (QED) is 0.676. The monoisotopic (exact) mass is 184 g/mol. The van der Waals surface area contributed by atoms with E-state index in [1.807, 2.05) is 0 Å². The maximum Gasteiger partial charge on any atom is 0.134 e. The van der Waals surface area contributed by atoms with Crippen LogP contribution in [0.4, 0.5) is 4.39 Å². The summed E-state index contributed by atoms with van der Waals surface area (Å²) < 4.78 is 12.9. The molecule has 0 spiro atoms. The van der Waals surface area contributed by atoms with Crippen molar-refractivity contribution < 1.29 is 9.50 Å². The highest BCUT2D eigenvalue weighted by Crippen LogP contribution is 2.20. The number of phenolic OH excluding ortho intramolecular Hbond substituents is 1. The highest BCUT2D eigenvalue weighted by molar-refractivity contribution is 7.80. The Morgan fingerprint density at radius 2 is 2.25 bits per heavy atom. The van der Waals surface area contributed by atoms with E-state index >= 15 is 0 Å². The highest BCUT2D eigenvalue weighted by atomic mass is 32.1.